The number of halogens is 1. The molecule has 0 aliphatic heterocycles. The summed E-state index contributed by atoms with van der Waals surface area (Å²) in [6, 6.07) is 19.8. The molecule has 0 saturated heterocycles. The van der Waals surface area contributed by atoms with Crippen molar-refractivity contribution in [1.82, 2.24) is 4.57 Å². The molecule has 2 aromatic carbocycles. The Balaban J connectivity index is 2.20. The van der Waals surface area contributed by atoms with E-state index in [0.29, 0.717) is 0 Å². The van der Waals surface area contributed by atoms with Crippen LogP contribution in [0.5, 0.6) is 0 Å². The molecule has 0 radical (unpaired) electrons. The van der Waals surface area contributed by atoms with Gasteiger partial charge in [0.25, 0.3) is 5.56 Å². The van der Waals surface area contributed by atoms with Crippen LogP contribution in [0.4, 0.5) is 0 Å². The topological polar surface area (TPSA) is 22.0 Å². The Morgan fingerprint density at radius 1 is 0.864 bits per heavy atom. The average Bonchev–Trinajstić information content (AvgIpc) is 2.54. The van der Waals surface area contributed by atoms with Crippen LogP contribution in [0.3, 0.4) is 0 Å². The van der Waals surface area contributed by atoms with Crippen molar-refractivity contribution in [3.05, 3.63) is 81.1 Å². The first-order chi connectivity index (χ1) is 10.6. The lowest BCUT2D eigenvalue weighted by Crippen LogP contribution is -2.20. The van der Waals surface area contributed by atoms with Crippen LogP contribution >= 0.6 is 15.9 Å². The zero-order valence-electron chi connectivity index (χ0n) is 12.5. The molecule has 3 rings (SSSR count). The normalized spacial score (nSPS) is 10.7. The summed E-state index contributed by atoms with van der Waals surface area (Å²) in [5.74, 6) is 0. The van der Waals surface area contributed by atoms with E-state index >= 15 is 0 Å². The molecule has 110 valence electrons. The highest BCUT2D eigenvalue weighted by atomic mass is 79.9. The largest absolute Gasteiger partial charge is 0.311 e. The van der Waals surface area contributed by atoms with Crippen LogP contribution in [0.1, 0.15) is 5.56 Å². The molecular weight excluding hydrogens is 338 g/mol. The maximum Gasteiger partial charge on any atom is 0.258 e. The number of nitrogens with zero attached hydrogens (tertiary/aromatic N) is 1. The zero-order chi connectivity index (χ0) is 15.7. The number of pyridine rings is 1. The summed E-state index contributed by atoms with van der Waals surface area (Å²) in [4.78, 5) is 12.8. The minimum atomic E-state index is 0.0163. The fraction of sp³-hybridized carbons (Fsp3) is 0.105. The van der Waals surface area contributed by atoms with E-state index in [9.17, 15) is 4.79 Å². The predicted octanol–water partition coefficient (Wildman–Crippen LogP) is 4.79. The molecule has 0 aliphatic rings. The highest BCUT2D eigenvalue weighted by Gasteiger charge is 2.12. The third-order valence-corrected chi connectivity index (χ3v) is 4.79. The van der Waals surface area contributed by atoms with Crippen LogP contribution in [0.25, 0.3) is 22.4 Å². The molecule has 0 unspecified atom stereocenters. The second kappa shape index (κ2) is 5.93. The molecule has 0 amide bonds. The SMILES string of the molecule is Cc1c(Br)cccc1-c1ccc(-c2ccccc2)n(C)c1=O. The molecule has 1 heterocycles. The van der Waals surface area contributed by atoms with Crippen molar-refractivity contribution < 1.29 is 0 Å². The number of benzene rings is 2. The second-order valence-electron chi connectivity index (χ2n) is 5.27. The Hall–Kier alpha value is -2.13. The van der Waals surface area contributed by atoms with Gasteiger partial charge in [-0.1, -0.05) is 58.4 Å². The highest BCUT2D eigenvalue weighted by molar-refractivity contribution is 9.10. The third-order valence-electron chi connectivity index (χ3n) is 3.93. The van der Waals surface area contributed by atoms with E-state index in [-0.39, 0.29) is 5.56 Å². The number of aromatic nitrogens is 1. The Labute approximate surface area is 138 Å². The molecule has 22 heavy (non-hydrogen) atoms. The summed E-state index contributed by atoms with van der Waals surface area (Å²) in [6.45, 7) is 2.02. The van der Waals surface area contributed by atoms with Gasteiger partial charge in [-0.2, -0.15) is 0 Å². The van der Waals surface area contributed by atoms with Gasteiger partial charge in [0.15, 0.2) is 0 Å². The minimum absolute atomic E-state index is 0.0163. The highest BCUT2D eigenvalue weighted by Crippen LogP contribution is 2.27. The molecule has 0 atom stereocenters. The van der Waals surface area contributed by atoms with E-state index in [1.807, 2.05) is 74.6 Å². The van der Waals surface area contributed by atoms with Crippen molar-refractivity contribution in [3.63, 3.8) is 0 Å². The summed E-state index contributed by atoms with van der Waals surface area (Å²) in [6.07, 6.45) is 0. The Morgan fingerprint density at radius 3 is 2.32 bits per heavy atom. The molecule has 0 aliphatic carbocycles. The second-order valence-corrected chi connectivity index (χ2v) is 6.13. The lowest BCUT2D eigenvalue weighted by atomic mass is 10.0. The molecule has 0 bridgehead atoms. The molecule has 3 aromatic rings. The van der Waals surface area contributed by atoms with Gasteiger partial charge in [0, 0.05) is 17.1 Å². The lowest BCUT2D eigenvalue weighted by Gasteiger charge is -2.12. The van der Waals surface area contributed by atoms with Crippen molar-refractivity contribution in [2.45, 2.75) is 6.92 Å². The van der Waals surface area contributed by atoms with E-state index in [0.717, 1.165) is 32.4 Å². The van der Waals surface area contributed by atoms with Gasteiger partial charge >= 0.3 is 0 Å². The van der Waals surface area contributed by atoms with Crippen LogP contribution in [-0.2, 0) is 7.05 Å². The fourth-order valence-corrected chi connectivity index (χ4v) is 3.00. The first-order valence-electron chi connectivity index (χ1n) is 7.10. The average molecular weight is 354 g/mol. The van der Waals surface area contributed by atoms with Gasteiger partial charge in [-0.25, -0.2) is 0 Å². The van der Waals surface area contributed by atoms with Gasteiger partial charge in [-0.15, -0.1) is 0 Å². The van der Waals surface area contributed by atoms with Crippen molar-refractivity contribution in [2.75, 3.05) is 0 Å². The predicted molar refractivity (Wildman–Crippen MR) is 95.0 cm³/mol. The van der Waals surface area contributed by atoms with Crippen LogP contribution < -0.4 is 5.56 Å². The molecule has 1 aromatic heterocycles. The van der Waals surface area contributed by atoms with Crippen molar-refractivity contribution in [2.24, 2.45) is 7.05 Å². The lowest BCUT2D eigenvalue weighted by molar-refractivity contribution is 0.873. The number of hydrogen-bond donors (Lipinski definition) is 0. The molecule has 0 fully saturated rings. The van der Waals surface area contributed by atoms with Crippen LogP contribution in [0, 0.1) is 6.92 Å². The van der Waals surface area contributed by atoms with E-state index < -0.39 is 0 Å². The summed E-state index contributed by atoms with van der Waals surface area (Å²) >= 11 is 3.53. The van der Waals surface area contributed by atoms with Crippen molar-refractivity contribution in [3.8, 4) is 22.4 Å². The molecule has 3 heteroatoms. The summed E-state index contributed by atoms with van der Waals surface area (Å²) in [7, 11) is 1.82. The van der Waals surface area contributed by atoms with Gasteiger partial charge in [0.05, 0.1) is 5.69 Å². The van der Waals surface area contributed by atoms with E-state index in [1.54, 1.807) is 4.57 Å². The molecule has 0 N–H and O–H groups in total. The maximum atomic E-state index is 12.8. The van der Waals surface area contributed by atoms with Gasteiger partial charge < -0.3 is 4.57 Å². The first kappa shape index (κ1) is 14.8. The smallest absolute Gasteiger partial charge is 0.258 e. The summed E-state index contributed by atoms with van der Waals surface area (Å²) < 4.78 is 2.73. The third kappa shape index (κ3) is 2.53. The number of hydrogen-bond acceptors (Lipinski definition) is 1. The van der Waals surface area contributed by atoms with Crippen molar-refractivity contribution in [1.29, 1.82) is 0 Å². The van der Waals surface area contributed by atoms with Crippen LogP contribution in [-0.4, -0.2) is 4.57 Å². The minimum Gasteiger partial charge on any atom is -0.311 e. The summed E-state index contributed by atoms with van der Waals surface area (Å²) in [5, 5.41) is 0. The summed E-state index contributed by atoms with van der Waals surface area (Å²) in [5.41, 5.74) is 4.74. The molecule has 0 saturated carbocycles. The Kier molecular flexibility index (Phi) is 3.99. The Morgan fingerprint density at radius 2 is 1.59 bits per heavy atom. The molecule has 0 spiro atoms. The van der Waals surface area contributed by atoms with Gasteiger partial charge in [0.2, 0.25) is 0 Å². The van der Waals surface area contributed by atoms with Gasteiger partial charge in [-0.3, -0.25) is 4.79 Å². The molecular formula is C19H16BrNO. The monoisotopic (exact) mass is 353 g/mol. The number of rotatable bonds is 2. The Bertz CT molecular complexity index is 882. The fourth-order valence-electron chi connectivity index (χ4n) is 2.64. The van der Waals surface area contributed by atoms with E-state index in [4.69, 9.17) is 0 Å². The van der Waals surface area contributed by atoms with Crippen LogP contribution in [0.2, 0.25) is 0 Å². The first-order valence-corrected chi connectivity index (χ1v) is 7.90. The van der Waals surface area contributed by atoms with Gasteiger partial charge in [0.1, 0.15) is 0 Å². The molecule has 2 nitrogen and oxygen atoms in total. The van der Waals surface area contributed by atoms with Crippen LogP contribution in [0.15, 0.2) is 69.9 Å². The zero-order valence-corrected chi connectivity index (χ0v) is 14.1. The van der Waals surface area contributed by atoms with Crippen molar-refractivity contribution >= 4 is 15.9 Å². The van der Waals surface area contributed by atoms with Gasteiger partial charge in [-0.05, 0) is 41.8 Å². The van der Waals surface area contributed by atoms with E-state index in [2.05, 4.69) is 15.9 Å². The van der Waals surface area contributed by atoms with E-state index in [1.165, 1.54) is 0 Å². The standard InChI is InChI=1S/C19H16BrNO/c1-13-15(9-6-10-17(13)20)16-11-12-18(21(2)19(16)22)14-7-4-3-5-8-14/h3-12H,1-2H3. The quantitative estimate of drug-likeness (QED) is 0.649. The maximum absolute atomic E-state index is 12.8.